The first-order chi connectivity index (χ1) is 8.61. The molecule has 0 unspecified atom stereocenters. The van der Waals surface area contributed by atoms with Crippen molar-refractivity contribution in [2.24, 2.45) is 0 Å². The highest BCUT2D eigenvalue weighted by molar-refractivity contribution is 6.30. The minimum atomic E-state index is -0.393. The van der Waals surface area contributed by atoms with Crippen molar-refractivity contribution < 1.29 is 10.0 Å². The minimum absolute atomic E-state index is 0.0861. The topological polar surface area (TPSA) is 66.6 Å². The van der Waals surface area contributed by atoms with Gasteiger partial charge in [0.15, 0.2) is 0 Å². The molecule has 6 heteroatoms. The first-order valence-corrected chi connectivity index (χ1v) is 6.27. The molecule has 0 aromatic heterocycles. The third kappa shape index (κ3) is 2.80. The highest BCUT2D eigenvalue weighted by Gasteiger charge is 2.26. The van der Waals surface area contributed by atoms with E-state index < -0.39 is 4.92 Å². The molecule has 0 aliphatic carbocycles. The third-order valence-electron chi connectivity index (χ3n) is 3.32. The molecule has 98 valence electrons. The Bertz CT molecular complexity index is 453. The molecule has 1 saturated heterocycles. The summed E-state index contributed by atoms with van der Waals surface area (Å²) >= 11 is 5.89. The van der Waals surface area contributed by atoms with Crippen molar-refractivity contribution in [2.45, 2.75) is 25.4 Å². The smallest absolute Gasteiger partial charge is 0.273 e. The van der Waals surface area contributed by atoms with E-state index in [-0.39, 0.29) is 18.3 Å². The predicted molar refractivity (Wildman–Crippen MR) is 68.6 cm³/mol. The number of aliphatic hydroxyl groups excluding tert-OH is 1. The molecule has 0 amide bonds. The molecule has 1 heterocycles. The molecule has 1 aliphatic rings. The van der Waals surface area contributed by atoms with E-state index in [1.54, 1.807) is 6.07 Å². The van der Waals surface area contributed by atoms with Crippen LogP contribution in [0.5, 0.6) is 0 Å². The van der Waals surface area contributed by atoms with Crippen LogP contribution in [0.1, 0.15) is 18.4 Å². The summed E-state index contributed by atoms with van der Waals surface area (Å²) in [6.45, 7) is 1.41. The van der Waals surface area contributed by atoms with Crippen LogP contribution in [-0.2, 0) is 6.54 Å². The van der Waals surface area contributed by atoms with Gasteiger partial charge in [0, 0.05) is 29.2 Å². The Morgan fingerprint density at radius 1 is 1.56 bits per heavy atom. The summed E-state index contributed by atoms with van der Waals surface area (Å²) in [7, 11) is 0. The molecule has 1 fully saturated rings. The normalized spacial score (nSPS) is 20.2. The standard InChI is InChI=1S/C12H15ClN2O3/c13-10-3-4-12(15(17)18)9(6-10)7-14-5-1-2-11(14)8-16/h3-4,6,11,16H,1-2,5,7-8H2/t11-/m1/s1. The number of nitro benzene ring substituents is 1. The lowest BCUT2D eigenvalue weighted by Gasteiger charge is -2.22. The molecule has 1 aliphatic heterocycles. The molecule has 1 aromatic rings. The Morgan fingerprint density at radius 2 is 2.33 bits per heavy atom. The molecule has 0 spiro atoms. The quantitative estimate of drug-likeness (QED) is 0.673. The maximum atomic E-state index is 11.0. The van der Waals surface area contributed by atoms with E-state index in [2.05, 4.69) is 4.90 Å². The highest BCUT2D eigenvalue weighted by Crippen LogP contribution is 2.27. The van der Waals surface area contributed by atoms with Gasteiger partial charge in [-0.2, -0.15) is 0 Å². The average molecular weight is 271 g/mol. The summed E-state index contributed by atoms with van der Waals surface area (Å²) in [5.41, 5.74) is 0.691. The lowest BCUT2D eigenvalue weighted by atomic mass is 10.1. The van der Waals surface area contributed by atoms with Crippen LogP contribution in [0.15, 0.2) is 18.2 Å². The van der Waals surface area contributed by atoms with Gasteiger partial charge in [-0.05, 0) is 31.5 Å². The Hall–Kier alpha value is -1.17. The van der Waals surface area contributed by atoms with Crippen molar-refractivity contribution in [3.8, 4) is 0 Å². The molecular formula is C12H15ClN2O3. The van der Waals surface area contributed by atoms with Crippen LogP contribution in [-0.4, -0.2) is 34.1 Å². The fourth-order valence-corrected chi connectivity index (χ4v) is 2.58. The molecule has 0 bridgehead atoms. The largest absolute Gasteiger partial charge is 0.395 e. The van der Waals surface area contributed by atoms with Gasteiger partial charge in [0.2, 0.25) is 0 Å². The summed E-state index contributed by atoms with van der Waals surface area (Å²) in [5, 5.41) is 20.7. The Kier molecular flexibility index (Phi) is 4.16. The van der Waals surface area contributed by atoms with Crippen LogP contribution in [0, 0.1) is 10.1 Å². The van der Waals surface area contributed by atoms with Gasteiger partial charge >= 0.3 is 0 Å². The van der Waals surface area contributed by atoms with Crippen LogP contribution in [0.2, 0.25) is 5.02 Å². The average Bonchev–Trinajstić information content (AvgIpc) is 2.76. The second-order valence-corrected chi connectivity index (χ2v) is 4.92. The molecule has 1 atom stereocenters. The van der Waals surface area contributed by atoms with Crippen LogP contribution in [0.3, 0.4) is 0 Å². The van der Waals surface area contributed by atoms with Gasteiger partial charge < -0.3 is 5.11 Å². The summed E-state index contributed by atoms with van der Waals surface area (Å²) in [4.78, 5) is 12.6. The number of nitrogens with zero attached hydrogens (tertiary/aromatic N) is 2. The Labute approximate surface area is 110 Å². The maximum Gasteiger partial charge on any atom is 0.273 e. The zero-order valence-electron chi connectivity index (χ0n) is 9.88. The van der Waals surface area contributed by atoms with Crippen molar-refractivity contribution >= 4 is 17.3 Å². The van der Waals surface area contributed by atoms with E-state index in [1.807, 2.05) is 0 Å². The van der Waals surface area contributed by atoms with E-state index in [1.165, 1.54) is 12.1 Å². The van der Waals surface area contributed by atoms with Crippen molar-refractivity contribution in [1.29, 1.82) is 0 Å². The second-order valence-electron chi connectivity index (χ2n) is 4.48. The highest BCUT2D eigenvalue weighted by atomic mass is 35.5. The summed E-state index contributed by atoms with van der Waals surface area (Å²) in [5.74, 6) is 0. The molecular weight excluding hydrogens is 256 g/mol. The van der Waals surface area contributed by atoms with Crippen molar-refractivity contribution in [3.63, 3.8) is 0 Å². The van der Waals surface area contributed by atoms with Gasteiger partial charge in [0.05, 0.1) is 11.5 Å². The van der Waals surface area contributed by atoms with Crippen molar-refractivity contribution in [2.75, 3.05) is 13.2 Å². The minimum Gasteiger partial charge on any atom is -0.395 e. The molecule has 0 saturated carbocycles. The number of nitro groups is 1. The monoisotopic (exact) mass is 270 g/mol. The molecule has 0 radical (unpaired) electrons. The van der Waals surface area contributed by atoms with Crippen LogP contribution < -0.4 is 0 Å². The van der Waals surface area contributed by atoms with Gasteiger partial charge in [-0.3, -0.25) is 15.0 Å². The first-order valence-electron chi connectivity index (χ1n) is 5.89. The SMILES string of the molecule is O=[N+]([O-])c1ccc(Cl)cc1CN1CCC[C@@H]1CO. The van der Waals surface area contributed by atoms with Gasteiger partial charge in [-0.25, -0.2) is 0 Å². The number of likely N-dealkylation sites (tertiary alicyclic amines) is 1. The van der Waals surface area contributed by atoms with E-state index >= 15 is 0 Å². The van der Waals surface area contributed by atoms with Gasteiger partial charge in [-0.1, -0.05) is 11.6 Å². The molecule has 2 rings (SSSR count). The number of benzene rings is 1. The maximum absolute atomic E-state index is 11.0. The van der Waals surface area contributed by atoms with E-state index in [4.69, 9.17) is 11.6 Å². The zero-order chi connectivity index (χ0) is 13.1. The molecule has 1 N–H and O–H groups in total. The zero-order valence-corrected chi connectivity index (χ0v) is 10.6. The molecule has 18 heavy (non-hydrogen) atoms. The van der Waals surface area contributed by atoms with Crippen LogP contribution >= 0.6 is 11.6 Å². The number of hydrogen-bond acceptors (Lipinski definition) is 4. The van der Waals surface area contributed by atoms with Crippen LogP contribution in [0.4, 0.5) is 5.69 Å². The number of hydrogen-bond donors (Lipinski definition) is 1. The lowest BCUT2D eigenvalue weighted by Crippen LogP contribution is -2.31. The lowest BCUT2D eigenvalue weighted by molar-refractivity contribution is -0.385. The number of aliphatic hydroxyl groups is 1. The van der Waals surface area contributed by atoms with Crippen LogP contribution in [0.25, 0.3) is 0 Å². The third-order valence-corrected chi connectivity index (χ3v) is 3.56. The fourth-order valence-electron chi connectivity index (χ4n) is 2.39. The van der Waals surface area contributed by atoms with Crippen molar-refractivity contribution in [3.05, 3.63) is 38.9 Å². The molecule has 5 nitrogen and oxygen atoms in total. The summed E-state index contributed by atoms with van der Waals surface area (Å²) < 4.78 is 0. The van der Waals surface area contributed by atoms with E-state index in [0.717, 1.165) is 19.4 Å². The predicted octanol–water partition coefficient (Wildman–Crippen LogP) is 2.20. The van der Waals surface area contributed by atoms with E-state index in [0.29, 0.717) is 17.1 Å². The van der Waals surface area contributed by atoms with Gasteiger partial charge in [-0.15, -0.1) is 0 Å². The fraction of sp³-hybridized carbons (Fsp3) is 0.500. The molecule has 1 aromatic carbocycles. The Morgan fingerprint density at radius 3 is 3.00 bits per heavy atom. The van der Waals surface area contributed by atoms with Gasteiger partial charge in [0.25, 0.3) is 5.69 Å². The second kappa shape index (κ2) is 5.65. The summed E-state index contributed by atoms with van der Waals surface area (Å²) in [6.07, 6.45) is 1.95. The Balaban J connectivity index is 2.22. The summed E-state index contributed by atoms with van der Waals surface area (Å²) in [6, 6.07) is 4.69. The van der Waals surface area contributed by atoms with E-state index in [9.17, 15) is 15.2 Å². The van der Waals surface area contributed by atoms with Gasteiger partial charge in [0.1, 0.15) is 0 Å². The number of rotatable bonds is 4. The first kappa shape index (κ1) is 13.3. The number of halogens is 1. The van der Waals surface area contributed by atoms with Crippen molar-refractivity contribution in [1.82, 2.24) is 4.90 Å².